The summed E-state index contributed by atoms with van der Waals surface area (Å²) in [5, 5.41) is 10.4. The van der Waals surface area contributed by atoms with Crippen LogP contribution in [0.25, 0.3) is 0 Å². The lowest BCUT2D eigenvalue weighted by molar-refractivity contribution is -0.137. The lowest BCUT2D eigenvalue weighted by Gasteiger charge is -2.29. The van der Waals surface area contributed by atoms with E-state index >= 15 is 0 Å². The van der Waals surface area contributed by atoms with E-state index < -0.39 is 40.6 Å². The number of imide groups is 2. The largest absolute Gasteiger partial charge is 0.493 e. The van der Waals surface area contributed by atoms with Gasteiger partial charge in [-0.05, 0) is 80.3 Å². The van der Waals surface area contributed by atoms with Crippen LogP contribution in [-0.2, 0) is 44.9 Å². The van der Waals surface area contributed by atoms with Crippen molar-refractivity contribution in [1.29, 1.82) is 0 Å². The monoisotopic (exact) mass is 869 g/mol. The molecule has 17 heteroatoms. The predicted octanol–water partition coefficient (Wildman–Crippen LogP) is 5.11. The van der Waals surface area contributed by atoms with Gasteiger partial charge in [0.15, 0.2) is 11.5 Å². The molecule has 1 saturated heterocycles. The van der Waals surface area contributed by atoms with Crippen molar-refractivity contribution in [2.45, 2.75) is 70.8 Å². The van der Waals surface area contributed by atoms with Gasteiger partial charge < -0.3 is 29.7 Å². The maximum atomic E-state index is 14.0. The van der Waals surface area contributed by atoms with Crippen LogP contribution in [0.1, 0.15) is 97.7 Å². The number of anilines is 1. The summed E-state index contributed by atoms with van der Waals surface area (Å²) in [5.41, 5.74) is 3.58. The van der Waals surface area contributed by atoms with E-state index in [1.165, 1.54) is 29.6 Å². The van der Waals surface area contributed by atoms with Crippen molar-refractivity contribution in [2.24, 2.45) is 0 Å². The molecule has 6 amide bonds. The van der Waals surface area contributed by atoms with E-state index in [1.807, 2.05) is 31.2 Å². The number of benzene rings is 3. The highest BCUT2D eigenvalue weighted by atomic mass is 32.2. The fraction of sp³-hybridized carbons (Fsp3) is 0.364. The first-order valence-electron chi connectivity index (χ1n) is 20.0. The maximum Gasteiger partial charge on any atom is 0.264 e. The van der Waals surface area contributed by atoms with Crippen LogP contribution in [0.2, 0.25) is 0 Å². The van der Waals surface area contributed by atoms with Gasteiger partial charge in [-0.25, -0.2) is 0 Å². The SMILES string of the molecule is CCOc1cc(C(CS(C)=O)N2C(=O)c3cccc(NC(=O)CCCCNCc4ccc(OCc5scc6c5CN(C5CCC(=O)NC5=O)C6=O)cc4)c3C2=O)ccc1OC. The Labute approximate surface area is 359 Å². The van der Waals surface area contributed by atoms with E-state index in [0.717, 1.165) is 27.3 Å². The lowest BCUT2D eigenvalue weighted by Crippen LogP contribution is -2.52. The molecule has 0 aliphatic carbocycles. The Bertz CT molecular complexity index is 2380. The molecule has 0 radical (unpaired) electrons. The Morgan fingerprint density at radius 1 is 0.967 bits per heavy atom. The first kappa shape index (κ1) is 43.2. The van der Waals surface area contributed by atoms with Crippen LogP contribution in [0.5, 0.6) is 17.2 Å². The van der Waals surface area contributed by atoms with Crippen LogP contribution in [-0.4, -0.2) is 87.8 Å². The number of methoxy groups -OCH3 is 1. The summed E-state index contributed by atoms with van der Waals surface area (Å²) in [7, 11) is 0.147. The number of nitrogens with zero attached hydrogens (tertiary/aromatic N) is 2. The van der Waals surface area contributed by atoms with Crippen molar-refractivity contribution in [1.82, 2.24) is 20.4 Å². The zero-order chi connectivity index (χ0) is 43.2. The molecule has 3 unspecified atom stereocenters. The molecule has 3 aromatic carbocycles. The summed E-state index contributed by atoms with van der Waals surface area (Å²) >= 11 is 1.45. The molecule has 1 fully saturated rings. The molecule has 3 N–H and O–H groups in total. The number of carbonyl (C=O) groups is 6. The second-order valence-corrected chi connectivity index (χ2v) is 17.3. The second-order valence-electron chi connectivity index (χ2n) is 14.9. The van der Waals surface area contributed by atoms with Crippen LogP contribution >= 0.6 is 11.3 Å². The van der Waals surface area contributed by atoms with E-state index in [2.05, 4.69) is 16.0 Å². The second kappa shape index (κ2) is 19.2. The van der Waals surface area contributed by atoms with E-state index in [9.17, 15) is 33.0 Å². The smallest absolute Gasteiger partial charge is 0.264 e. The average molecular weight is 870 g/mol. The third kappa shape index (κ3) is 9.53. The van der Waals surface area contributed by atoms with Crippen molar-refractivity contribution >= 4 is 63.3 Å². The van der Waals surface area contributed by atoms with Crippen LogP contribution in [0.4, 0.5) is 5.69 Å². The van der Waals surface area contributed by atoms with Gasteiger partial charge in [-0.2, -0.15) is 0 Å². The van der Waals surface area contributed by atoms with Crippen molar-refractivity contribution in [3.8, 4) is 17.2 Å². The topological polar surface area (TPSA) is 190 Å². The van der Waals surface area contributed by atoms with Crippen molar-refractivity contribution in [3.63, 3.8) is 0 Å². The average Bonchev–Trinajstić information content (AvgIpc) is 3.88. The molecule has 4 aromatic rings. The number of piperidine rings is 1. The molecule has 15 nitrogen and oxygen atoms in total. The highest BCUT2D eigenvalue weighted by molar-refractivity contribution is 7.84. The number of rotatable bonds is 19. The molecule has 4 heterocycles. The maximum absolute atomic E-state index is 14.0. The number of nitrogens with one attached hydrogen (secondary N) is 3. The summed E-state index contributed by atoms with van der Waals surface area (Å²) in [6.07, 6.45) is 3.57. The molecule has 61 heavy (non-hydrogen) atoms. The molecule has 320 valence electrons. The summed E-state index contributed by atoms with van der Waals surface area (Å²) in [6.45, 7) is 4.07. The first-order valence-corrected chi connectivity index (χ1v) is 22.7. The number of hydrogen-bond donors (Lipinski definition) is 3. The Hall–Kier alpha value is -5.91. The van der Waals surface area contributed by atoms with Gasteiger partial charge >= 0.3 is 0 Å². The van der Waals surface area contributed by atoms with E-state index in [1.54, 1.807) is 41.8 Å². The van der Waals surface area contributed by atoms with Crippen molar-refractivity contribution < 1.29 is 47.2 Å². The molecule has 0 bridgehead atoms. The van der Waals surface area contributed by atoms with Gasteiger partial charge in [0.1, 0.15) is 18.4 Å². The molecule has 0 spiro atoms. The number of amides is 6. The Morgan fingerprint density at radius 2 is 1.77 bits per heavy atom. The van der Waals surface area contributed by atoms with Gasteiger partial charge in [-0.15, -0.1) is 11.3 Å². The third-order valence-electron chi connectivity index (χ3n) is 10.8. The van der Waals surface area contributed by atoms with Gasteiger partial charge in [0, 0.05) is 64.6 Å². The molecule has 7 rings (SSSR count). The summed E-state index contributed by atoms with van der Waals surface area (Å²) < 4.78 is 29.7. The highest BCUT2D eigenvalue weighted by Gasteiger charge is 2.43. The van der Waals surface area contributed by atoms with Gasteiger partial charge in [-0.3, -0.25) is 43.2 Å². The van der Waals surface area contributed by atoms with Crippen LogP contribution in [0, 0.1) is 0 Å². The van der Waals surface area contributed by atoms with Gasteiger partial charge in [0.2, 0.25) is 17.7 Å². The summed E-state index contributed by atoms with van der Waals surface area (Å²) in [6, 6.07) is 16.1. The van der Waals surface area contributed by atoms with Crippen LogP contribution in [0.15, 0.2) is 66.0 Å². The number of fused-ring (bicyclic) bond motifs is 2. The van der Waals surface area contributed by atoms with Crippen LogP contribution in [0.3, 0.4) is 0 Å². The van der Waals surface area contributed by atoms with Gasteiger partial charge in [0.25, 0.3) is 17.7 Å². The van der Waals surface area contributed by atoms with Crippen LogP contribution < -0.4 is 30.2 Å². The Balaban J connectivity index is 0.858. The fourth-order valence-electron chi connectivity index (χ4n) is 7.76. The number of thiophene rings is 1. The molecule has 3 aliphatic heterocycles. The Morgan fingerprint density at radius 3 is 2.51 bits per heavy atom. The molecule has 0 saturated carbocycles. The lowest BCUT2D eigenvalue weighted by atomic mass is 10.0. The van der Waals surface area contributed by atoms with Gasteiger partial charge in [-0.1, -0.05) is 24.3 Å². The number of carbonyl (C=O) groups excluding carboxylic acids is 6. The quantitative estimate of drug-likeness (QED) is 0.0839. The number of hydrogen-bond acceptors (Lipinski definition) is 12. The van der Waals surface area contributed by atoms with E-state index in [-0.39, 0.29) is 59.7 Å². The van der Waals surface area contributed by atoms with Gasteiger partial charge in [0.05, 0.1) is 42.1 Å². The molecule has 3 atom stereocenters. The zero-order valence-electron chi connectivity index (χ0n) is 34.1. The summed E-state index contributed by atoms with van der Waals surface area (Å²) in [5.74, 6) is -0.727. The highest BCUT2D eigenvalue weighted by Crippen LogP contribution is 2.39. The molecular weight excluding hydrogens is 823 g/mol. The normalized spacial score (nSPS) is 16.9. The summed E-state index contributed by atoms with van der Waals surface area (Å²) in [4.78, 5) is 81.3. The number of ether oxygens (including phenoxy) is 3. The molecular formula is C44H47N5O10S2. The molecule has 1 aromatic heterocycles. The minimum Gasteiger partial charge on any atom is -0.493 e. The third-order valence-corrected chi connectivity index (χ3v) is 12.6. The number of unbranched alkanes of at least 4 members (excludes halogenated alkanes) is 1. The van der Waals surface area contributed by atoms with E-state index in [0.29, 0.717) is 67.5 Å². The van der Waals surface area contributed by atoms with E-state index in [4.69, 9.17) is 14.2 Å². The Kier molecular flexibility index (Phi) is 13.6. The predicted molar refractivity (Wildman–Crippen MR) is 228 cm³/mol. The fourth-order valence-corrected chi connectivity index (χ4v) is 9.49. The van der Waals surface area contributed by atoms with Crippen molar-refractivity contribution in [3.05, 3.63) is 104 Å². The zero-order valence-corrected chi connectivity index (χ0v) is 35.7. The minimum atomic E-state index is -1.37. The molecule has 3 aliphatic rings. The van der Waals surface area contributed by atoms with Crippen molar-refractivity contribution in [2.75, 3.05) is 37.6 Å². The minimum absolute atomic E-state index is 0.0122. The first-order chi connectivity index (χ1) is 29.5. The standard InChI is InChI=1S/C44H47N5O10S2/c1-4-58-36-20-27(13-17-35(36)57-2)34(25-61(3)56)49-43(54)29-8-7-9-32(40(29)44(49)55)46-38(50)10-5-6-19-45-21-26-11-14-28(15-12-26)59-23-37-30-22-48(42(53)31(30)24-60-37)33-16-18-39(51)47-41(33)52/h7-9,11-15,17,20,24,33-34,45H,4-6,10,16,18-19,21-23,25H2,1-3H3,(H,46,50)(H,47,51,52).